The highest BCUT2D eigenvalue weighted by Gasteiger charge is 2.23. The van der Waals surface area contributed by atoms with Crippen LogP contribution in [0.5, 0.6) is 0 Å². The maximum absolute atomic E-state index is 10.6. The minimum absolute atomic E-state index is 0.208. The number of aryl methyl sites for hydroxylation is 1. The Balaban J connectivity index is 1.42. The van der Waals surface area contributed by atoms with Crippen LogP contribution < -0.4 is 10.2 Å². The third-order valence-electron chi connectivity index (χ3n) is 6.06. The van der Waals surface area contributed by atoms with Gasteiger partial charge in [-0.3, -0.25) is 4.90 Å². The number of nitrogens with one attached hydrogen (secondary N) is 1. The van der Waals surface area contributed by atoms with Gasteiger partial charge in [0.1, 0.15) is 6.29 Å². The van der Waals surface area contributed by atoms with Gasteiger partial charge in [0.15, 0.2) is 0 Å². The van der Waals surface area contributed by atoms with E-state index >= 15 is 0 Å². The van der Waals surface area contributed by atoms with E-state index in [4.69, 9.17) is 4.98 Å². The van der Waals surface area contributed by atoms with Gasteiger partial charge in [-0.25, -0.2) is 9.97 Å². The Morgan fingerprint density at radius 3 is 2.55 bits per heavy atom. The average Bonchev–Trinajstić information content (AvgIpc) is 2.78. The third-order valence-corrected chi connectivity index (χ3v) is 6.06. The predicted molar refractivity (Wildman–Crippen MR) is 124 cm³/mol. The summed E-state index contributed by atoms with van der Waals surface area (Å²) in [6.07, 6.45) is 4.91. The topological polar surface area (TPSA) is 81.6 Å². The first kappa shape index (κ1) is 21.3. The Bertz CT molecular complexity index is 947. The lowest BCUT2D eigenvalue weighted by atomic mass is 9.88. The summed E-state index contributed by atoms with van der Waals surface area (Å²) in [5.74, 6) is 1.20. The smallest absolute Gasteiger partial charge is 0.227 e. The molecule has 1 saturated heterocycles. The summed E-state index contributed by atoms with van der Waals surface area (Å²) in [4.78, 5) is 24.5. The van der Waals surface area contributed by atoms with E-state index in [2.05, 4.69) is 46.1 Å². The normalized spacial score (nSPS) is 17.1. The SMILES string of the molecule is CC(C)C1=C(O)CCc2cnc(Nc3ccc(N4CCN(CCC=O)CC4)cc3)nc21. The van der Waals surface area contributed by atoms with Crippen molar-refractivity contribution in [1.29, 1.82) is 0 Å². The highest BCUT2D eigenvalue weighted by Crippen LogP contribution is 2.34. The summed E-state index contributed by atoms with van der Waals surface area (Å²) in [7, 11) is 0. The second kappa shape index (κ2) is 9.47. The Morgan fingerprint density at radius 1 is 1.13 bits per heavy atom. The first-order valence-corrected chi connectivity index (χ1v) is 11.1. The summed E-state index contributed by atoms with van der Waals surface area (Å²) in [5, 5.41) is 13.7. The standard InChI is InChI=1S/C24H31N5O2/c1-17(2)22-21(31)9-4-18-16-25-24(27-23(18)22)26-19-5-7-20(8-6-19)29-13-11-28(12-14-29)10-3-15-30/h5-8,15-17,31H,3-4,9-14H2,1-2H3,(H,25,26,27). The number of carbonyl (C=O) groups is 1. The van der Waals surface area contributed by atoms with Crippen LogP contribution in [0.15, 0.2) is 36.2 Å². The molecule has 7 nitrogen and oxygen atoms in total. The van der Waals surface area contributed by atoms with Crippen molar-refractivity contribution in [3.05, 3.63) is 47.5 Å². The number of hydrogen-bond donors (Lipinski definition) is 2. The van der Waals surface area contributed by atoms with Gasteiger partial charge in [0.05, 0.1) is 11.5 Å². The maximum Gasteiger partial charge on any atom is 0.227 e. The number of anilines is 3. The van der Waals surface area contributed by atoms with Crippen molar-refractivity contribution in [2.75, 3.05) is 42.9 Å². The van der Waals surface area contributed by atoms with E-state index < -0.39 is 0 Å². The van der Waals surface area contributed by atoms with Crippen molar-refractivity contribution in [2.45, 2.75) is 33.1 Å². The summed E-state index contributed by atoms with van der Waals surface area (Å²) >= 11 is 0. The van der Waals surface area contributed by atoms with E-state index in [1.165, 1.54) is 5.69 Å². The van der Waals surface area contributed by atoms with E-state index in [1.54, 1.807) is 0 Å². The van der Waals surface area contributed by atoms with E-state index in [-0.39, 0.29) is 5.92 Å². The van der Waals surface area contributed by atoms with Crippen molar-refractivity contribution in [1.82, 2.24) is 14.9 Å². The third kappa shape index (κ3) is 4.88. The number of carbonyl (C=O) groups excluding carboxylic acids is 1. The lowest BCUT2D eigenvalue weighted by Gasteiger charge is -2.35. The molecule has 0 radical (unpaired) electrons. The molecule has 1 aliphatic heterocycles. The molecule has 2 heterocycles. The van der Waals surface area contributed by atoms with Gasteiger partial charge in [-0.2, -0.15) is 0 Å². The largest absolute Gasteiger partial charge is 0.512 e. The lowest BCUT2D eigenvalue weighted by Crippen LogP contribution is -2.46. The van der Waals surface area contributed by atoms with Gasteiger partial charge < -0.3 is 20.1 Å². The number of rotatable bonds is 7. The first-order chi connectivity index (χ1) is 15.0. The zero-order valence-electron chi connectivity index (χ0n) is 18.3. The van der Waals surface area contributed by atoms with Crippen LogP contribution in [0, 0.1) is 5.92 Å². The number of allylic oxidation sites excluding steroid dienone is 2. The van der Waals surface area contributed by atoms with Crippen molar-refractivity contribution in [3.8, 4) is 0 Å². The van der Waals surface area contributed by atoms with E-state index in [0.29, 0.717) is 24.5 Å². The Labute approximate surface area is 183 Å². The van der Waals surface area contributed by atoms with Crippen molar-refractivity contribution in [2.24, 2.45) is 5.92 Å². The molecule has 0 atom stereocenters. The number of nitrogens with zero attached hydrogens (tertiary/aromatic N) is 4. The van der Waals surface area contributed by atoms with E-state index in [0.717, 1.165) is 67.9 Å². The van der Waals surface area contributed by atoms with Gasteiger partial charge in [0.25, 0.3) is 0 Å². The van der Waals surface area contributed by atoms with Crippen LogP contribution in [0.25, 0.3) is 5.57 Å². The van der Waals surface area contributed by atoms with Crippen LogP contribution in [0.1, 0.15) is 37.9 Å². The second-order valence-corrected chi connectivity index (χ2v) is 8.54. The van der Waals surface area contributed by atoms with Crippen LogP contribution in [0.3, 0.4) is 0 Å². The highest BCUT2D eigenvalue weighted by atomic mass is 16.3. The summed E-state index contributed by atoms with van der Waals surface area (Å²) in [6.45, 7) is 8.91. The van der Waals surface area contributed by atoms with Gasteiger partial charge in [0.2, 0.25) is 5.95 Å². The quantitative estimate of drug-likeness (QED) is 0.658. The maximum atomic E-state index is 10.6. The molecule has 2 aromatic rings. The van der Waals surface area contributed by atoms with Gasteiger partial charge >= 0.3 is 0 Å². The molecule has 1 fully saturated rings. The lowest BCUT2D eigenvalue weighted by molar-refractivity contribution is -0.108. The number of piperazine rings is 1. The summed E-state index contributed by atoms with van der Waals surface area (Å²) in [5.41, 5.74) is 5.01. The monoisotopic (exact) mass is 421 g/mol. The molecule has 1 aliphatic carbocycles. The van der Waals surface area contributed by atoms with Crippen LogP contribution in [-0.4, -0.2) is 59.0 Å². The molecule has 31 heavy (non-hydrogen) atoms. The van der Waals surface area contributed by atoms with Crippen molar-refractivity contribution < 1.29 is 9.90 Å². The van der Waals surface area contributed by atoms with Crippen LogP contribution in [0.4, 0.5) is 17.3 Å². The van der Waals surface area contributed by atoms with Crippen LogP contribution >= 0.6 is 0 Å². The van der Waals surface area contributed by atoms with Gasteiger partial charge in [-0.1, -0.05) is 13.8 Å². The first-order valence-electron chi connectivity index (χ1n) is 11.1. The molecule has 0 amide bonds. The van der Waals surface area contributed by atoms with Crippen molar-refractivity contribution >= 4 is 29.2 Å². The molecular weight excluding hydrogens is 390 g/mol. The minimum atomic E-state index is 0.208. The molecule has 0 bridgehead atoms. The Morgan fingerprint density at radius 2 is 1.87 bits per heavy atom. The number of aldehydes is 1. The molecule has 0 spiro atoms. The van der Waals surface area contributed by atoms with Gasteiger partial charge in [-0.15, -0.1) is 0 Å². The molecule has 4 rings (SSSR count). The fourth-order valence-electron chi connectivity index (χ4n) is 4.36. The van der Waals surface area contributed by atoms with Crippen molar-refractivity contribution in [3.63, 3.8) is 0 Å². The number of fused-ring (bicyclic) bond motifs is 1. The van der Waals surface area contributed by atoms with Gasteiger partial charge in [0, 0.05) is 68.7 Å². The zero-order chi connectivity index (χ0) is 21.8. The predicted octanol–water partition coefficient (Wildman–Crippen LogP) is 3.80. The minimum Gasteiger partial charge on any atom is -0.512 e. The zero-order valence-corrected chi connectivity index (χ0v) is 18.3. The Kier molecular flexibility index (Phi) is 6.51. The highest BCUT2D eigenvalue weighted by molar-refractivity contribution is 5.71. The summed E-state index contributed by atoms with van der Waals surface area (Å²) < 4.78 is 0. The molecule has 1 aromatic heterocycles. The summed E-state index contributed by atoms with van der Waals surface area (Å²) in [6, 6.07) is 8.33. The Hall–Kier alpha value is -2.93. The number of aliphatic hydroxyl groups excluding tert-OH is 1. The molecule has 2 N–H and O–H groups in total. The molecule has 0 saturated carbocycles. The molecular formula is C24H31N5O2. The fourth-order valence-corrected chi connectivity index (χ4v) is 4.36. The fraction of sp³-hybridized carbons (Fsp3) is 0.458. The molecule has 7 heteroatoms. The number of aromatic nitrogens is 2. The number of hydrogen-bond acceptors (Lipinski definition) is 7. The molecule has 164 valence electrons. The number of aliphatic hydroxyl groups is 1. The molecule has 2 aliphatic rings. The van der Waals surface area contributed by atoms with E-state index in [9.17, 15) is 9.90 Å². The van der Waals surface area contributed by atoms with Crippen LogP contribution in [-0.2, 0) is 11.2 Å². The van der Waals surface area contributed by atoms with Crippen LogP contribution in [0.2, 0.25) is 0 Å². The number of benzene rings is 1. The second-order valence-electron chi connectivity index (χ2n) is 8.54. The molecule has 0 unspecified atom stereocenters. The van der Waals surface area contributed by atoms with E-state index in [1.807, 2.05) is 18.3 Å². The molecule has 1 aromatic carbocycles. The van der Waals surface area contributed by atoms with Gasteiger partial charge in [-0.05, 0) is 42.2 Å². The average molecular weight is 422 g/mol.